The van der Waals surface area contributed by atoms with Crippen molar-refractivity contribution in [3.63, 3.8) is 0 Å². The van der Waals surface area contributed by atoms with Gasteiger partial charge in [0, 0.05) is 0 Å². The predicted octanol–water partition coefficient (Wildman–Crippen LogP) is 2.59. The number of rotatable bonds is 5. The molecule has 0 heterocycles. The average molecular weight is 244 g/mol. The van der Waals surface area contributed by atoms with Crippen molar-refractivity contribution in [2.75, 3.05) is 0 Å². The Morgan fingerprint density at radius 1 is 1.18 bits per heavy atom. The van der Waals surface area contributed by atoms with E-state index < -0.39 is 23.8 Å². The first kappa shape index (κ1) is 14.1. The van der Waals surface area contributed by atoms with Crippen LogP contribution in [0.1, 0.15) is 38.2 Å². The molecule has 1 rings (SSSR count). The molecule has 2 nitrogen and oxygen atoms in total. The maximum atomic E-state index is 13.4. The number of aliphatic hydroxyl groups excluding tert-OH is 2. The van der Waals surface area contributed by atoms with E-state index in [0.717, 1.165) is 18.2 Å². The summed E-state index contributed by atoms with van der Waals surface area (Å²) < 4.78 is 26.4. The Labute approximate surface area is 99.9 Å². The van der Waals surface area contributed by atoms with Crippen molar-refractivity contribution in [1.82, 2.24) is 0 Å². The van der Waals surface area contributed by atoms with Crippen LogP contribution in [0.2, 0.25) is 0 Å². The molecule has 0 saturated heterocycles. The zero-order chi connectivity index (χ0) is 13.0. The third-order valence-electron chi connectivity index (χ3n) is 2.95. The van der Waals surface area contributed by atoms with E-state index >= 15 is 0 Å². The molecule has 0 amide bonds. The Kier molecular flexibility index (Phi) is 5.02. The summed E-state index contributed by atoms with van der Waals surface area (Å²) in [5.74, 6) is -1.34. The van der Waals surface area contributed by atoms with Gasteiger partial charge in [-0.05, 0) is 42.5 Å². The van der Waals surface area contributed by atoms with E-state index in [4.69, 9.17) is 0 Å². The molecule has 3 atom stereocenters. The van der Waals surface area contributed by atoms with Crippen molar-refractivity contribution in [1.29, 1.82) is 0 Å². The second-order valence-corrected chi connectivity index (χ2v) is 4.35. The number of hydrogen-bond donors (Lipinski definition) is 2. The summed E-state index contributed by atoms with van der Waals surface area (Å²) in [5.41, 5.74) is 0.229. The van der Waals surface area contributed by atoms with Gasteiger partial charge in [0.2, 0.25) is 0 Å². The maximum absolute atomic E-state index is 13.4. The van der Waals surface area contributed by atoms with E-state index in [0.29, 0.717) is 6.42 Å². The summed E-state index contributed by atoms with van der Waals surface area (Å²) in [4.78, 5) is 0. The van der Waals surface area contributed by atoms with Crippen LogP contribution in [0.15, 0.2) is 18.2 Å². The predicted molar refractivity (Wildman–Crippen MR) is 61.7 cm³/mol. The van der Waals surface area contributed by atoms with Gasteiger partial charge in [-0.3, -0.25) is 0 Å². The first-order valence-corrected chi connectivity index (χ1v) is 5.76. The van der Waals surface area contributed by atoms with Crippen molar-refractivity contribution < 1.29 is 19.0 Å². The fourth-order valence-corrected chi connectivity index (χ4v) is 1.81. The molecule has 2 N–H and O–H groups in total. The lowest BCUT2D eigenvalue weighted by Gasteiger charge is -2.20. The molecule has 0 spiro atoms. The third-order valence-corrected chi connectivity index (χ3v) is 2.95. The Morgan fingerprint density at radius 2 is 1.82 bits per heavy atom. The van der Waals surface area contributed by atoms with Crippen LogP contribution in [0.25, 0.3) is 0 Å². The zero-order valence-corrected chi connectivity index (χ0v) is 10.0. The highest BCUT2D eigenvalue weighted by atomic mass is 19.1. The van der Waals surface area contributed by atoms with Crippen LogP contribution in [0.4, 0.5) is 8.78 Å². The highest BCUT2D eigenvalue weighted by Crippen LogP contribution is 2.25. The van der Waals surface area contributed by atoms with Gasteiger partial charge < -0.3 is 10.2 Å². The minimum absolute atomic E-state index is 0.204. The average Bonchev–Trinajstić information content (AvgIpc) is 2.30. The van der Waals surface area contributed by atoms with E-state index in [2.05, 4.69) is 0 Å². The number of hydrogen-bond acceptors (Lipinski definition) is 2. The van der Waals surface area contributed by atoms with Crippen molar-refractivity contribution >= 4 is 0 Å². The largest absolute Gasteiger partial charge is 0.390 e. The molecular weight excluding hydrogens is 226 g/mol. The standard InChI is InChI=1S/C13H18F2O2/c1-3-12(16)13(17)6-8(2)10-7-9(14)4-5-11(10)15/h4-5,7-8,12-13,16-17H,3,6H2,1-2H3. The summed E-state index contributed by atoms with van der Waals surface area (Å²) in [6, 6.07) is 3.26. The van der Waals surface area contributed by atoms with Gasteiger partial charge in [0.1, 0.15) is 11.6 Å². The smallest absolute Gasteiger partial charge is 0.126 e. The first-order valence-electron chi connectivity index (χ1n) is 5.76. The molecule has 0 radical (unpaired) electrons. The quantitative estimate of drug-likeness (QED) is 0.835. The molecule has 17 heavy (non-hydrogen) atoms. The fraction of sp³-hybridized carbons (Fsp3) is 0.538. The molecule has 0 aliphatic rings. The zero-order valence-electron chi connectivity index (χ0n) is 10.0. The summed E-state index contributed by atoms with van der Waals surface area (Å²) in [6.45, 7) is 3.45. The second-order valence-electron chi connectivity index (χ2n) is 4.35. The highest BCUT2D eigenvalue weighted by Gasteiger charge is 2.20. The van der Waals surface area contributed by atoms with Gasteiger partial charge >= 0.3 is 0 Å². The van der Waals surface area contributed by atoms with Crippen molar-refractivity contribution in [2.24, 2.45) is 0 Å². The van der Waals surface area contributed by atoms with Crippen LogP contribution >= 0.6 is 0 Å². The first-order chi connectivity index (χ1) is 7.95. The van der Waals surface area contributed by atoms with E-state index in [1.807, 2.05) is 0 Å². The van der Waals surface area contributed by atoms with Gasteiger partial charge in [0.05, 0.1) is 12.2 Å². The molecule has 4 heteroatoms. The molecule has 0 aliphatic heterocycles. The highest BCUT2D eigenvalue weighted by molar-refractivity contribution is 5.22. The molecule has 0 aromatic heterocycles. The number of aliphatic hydroxyl groups is 2. The molecule has 96 valence electrons. The monoisotopic (exact) mass is 244 g/mol. The van der Waals surface area contributed by atoms with E-state index in [1.165, 1.54) is 0 Å². The lowest BCUT2D eigenvalue weighted by Crippen LogP contribution is -2.26. The van der Waals surface area contributed by atoms with Crippen LogP contribution in [-0.2, 0) is 0 Å². The van der Waals surface area contributed by atoms with Gasteiger partial charge in [-0.15, -0.1) is 0 Å². The molecule has 0 bridgehead atoms. The Bertz CT molecular complexity index is 368. The summed E-state index contributed by atoms with van der Waals surface area (Å²) in [6.07, 6.45) is -1.11. The van der Waals surface area contributed by atoms with Gasteiger partial charge in [-0.1, -0.05) is 13.8 Å². The Morgan fingerprint density at radius 3 is 2.41 bits per heavy atom. The molecule has 0 aliphatic carbocycles. The van der Waals surface area contributed by atoms with Crippen LogP contribution < -0.4 is 0 Å². The Balaban J connectivity index is 2.75. The van der Waals surface area contributed by atoms with Gasteiger partial charge in [-0.25, -0.2) is 8.78 Å². The summed E-state index contributed by atoms with van der Waals surface area (Å²) >= 11 is 0. The lowest BCUT2D eigenvalue weighted by molar-refractivity contribution is 0.00937. The van der Waals surface area contributed by atoms with Gasteiger partial charge in [0.25, 0.3) is 0 Å². The van der Waals surface area contributed by atoms with E-state index in [1.54, 1.807) is 13.8 Å². The molecule has 1 aromatic rings. The number of benzene rings is 1. The minimum Gasteiger partial charge on any atom is -0.390 e. The molecule has 0 fully saturated rings. The second kappa shape index (κ2) is 6.07. The van der Waals surface area contributed by atoms with E-state index in [9.17, 15) is 19.0 Å². The van der Waals surface area contributed by atoms with Gasteiger partial charge in [0.15, 0.2) is 0 Å². The van der Waals surface area contributed by atoms with Crippen molar-refractivity contribution in [3.05, 3.63) is 35.4 Å². The molecule has 3 unspecified atom stereocenters. The van der Waals surface area contributed by atoms with E-state index in [-0.39, 0.29) is 17.9 Å². The lowest BCUT2D eigenvalue weighted by atomic mass is 9.92. The summed E-state index contributed by atoms with van der Waals surface area (Å²) in [7, 11) is 0. The molecule has 1 aromatic carbocycles. The third kappa shape index (κ3) is 3.75. The topological polar surface area (TPSA) is 40.5 Å². The van der Waals surface area contributed by atoms with Crippen molar-refractivity contribution in [3.8, 4) is 0 Å². The fourth-order valence-electron chi connectivity index (χ4n) is 1.81. The SMILES string of the molecule is CCC(O)C(O)CC(C)c1cc(F)ccc1F. The van der Waals surface area contributed by atoms with Gasteiger partial charge in [-0.2, -0.15) is 0 Å². The maximum Gasteiger partial charge on any atom is 0.126 e. The molecular formula is C13H18F2O2. The normalized spacial score (nSPS) is 16.6. The molecule has 0 saturated carbocycles. The van der Waals surface area contributed by atoms with Crippen LogP contribution in [0, 0.1) is 11.6 Å². The minimum atomic E-state index is -0.919. The number of halogens is 2. The summed E-state index contributed by atoms with van der Waals surface area (Å²) in [5, 5.41) is 19.1. The van der Waals surface area contributed by atoms with Crippen LogP contribution in [0.5, 0.6) is 0 Å². The Hall–Kier alpha value is -1.00. The van der Waals surface area contributed by atoms with Crippen LogP contribution in [-0.4, -0.2) is 22.4 Å². The van der Waals surface area contributed by atoms with Crippen LogP contribution in [0.3, 0.4) is 0 Å². The van der Waals surface area contributed by atoms with Crippen molar-refractivity contribution in [2.45, 2.75) is 44.8 Å².